The second kappa shape index (κ2) is 9.53. The number of nitrogens with one attached hydrogen (secondary N) is 1. The number of nitrogens with zero attached hydrogens (tertiary/aromatic N) is 2. The van der Waals surface area contributed by atoms with Crippen LogP contribution >= 0.6 is 11.3 Å². The van der Waals surface area contributed by atoms with Gasteiger partial charge in [-0.05, 0) is 73.2 Å². The van der Waals surface area contributed by atoms with E-state index in [2.05, 4.69) is 15.5 Å². The molecule has 0 aliphatic heterocycles. The highest BCUT2D eigenvalue weighted by molar-refractivity contribution is 7.14. The molecule has 0 unspecified atom stereocenters. The van der Waals surface area contributed by atoms with Crippen LogP contribution in [0.15, 0.2) is 53.9 Å². The summed E-state index contributed by atoms with van der Waals surface area (Å²) in [6.07, 6.45) is 8.98. The van der Waals surface area contributed by atoms with Crippen molar-refractivity contribution in [1.29, 1.82) is 0 Å². The number of aromatic nitrogens is 1. The van der Waals surface area contributed by atoms with Crippen LogP contribution in [0, 0.1) is 0 Å². The number of hydrogen-bond acceptors (Lipinski definition) is 7. The minimum Gasteiger partial charge on any atom is -0.493 e. The van der Waals surface area contributed by atoms with Crippen molar-refractivity contribution in [2.75, 3.05) is 7.11 Å². The Morgan fingerprint density at radius 2 is 2.03 bits per heavy atom. The first-order chi connectivity index (χ1) is 15.1. The Kier molecular flexibility index (Phi) is 6.37. The molecule has 1 N–H and O–H groups in total. The van der Waals surface area contributed by atoms with Gasteiger partial charge in [0.15, 0.2) is 11.5 Å². The third kappa shape index (κ3) is 4.97. The van der Waals surface area contributed by atoms with E-state index in [4.69, 9.17) is 9.47 Å². The molecule has 0 saturated carbocycles. The summed E-state index contributed by atoms with van der Waals surface area (Å²) in [5, 5.41) is 4.05. The molecule has 1 amide bonds. The minimum atomic E-state index is -0.529. The summed E-state index contributed by atoms with van der Waals surface area (Å²) in [6, 6.07) is 10.3. The van der Waals surface area contributed by atoms with Crippen molar-refractivity contribution in [2.45, 2.75) is 25.7 Å². The lowest BCUT2D eigenvalue weighted by molar-refractivity contribution is 0.0729. The molecule has 1 aliphatic carbocycles. The zero-order chi connectivity index (χ0) is 21.6. The van der Waals surface area contributed by atoms with Crippen molar-refractivity contribution in [2.24, 2.45) is 5.10 Å². The van der Waals surface area contributed by atoms with Crippen LogP contribution in [-0.4, -0.2) is 30.2 Å². The molecular weight excluding hydrogens is 414 g/mol. The molecule has 1 aliphatic rings. The fraction of sp³-hybridized carbons (Fsp3) is 0.217. The van der Waals surface area contributed by atoms with Crippen LogP contribution in [-0.2, 0) is 12.8 Å². The van der Waals surface area contributed by atoms with Crippen molar-refractivity contribution in [1.82, 2.24) is 10.4 Å². The second-order valence-electron chi connectivity index (χ2n) is 7.01. The van der Waals surface area contributed by atoms with Crippen LogP contribution < -0.4 is 14.9 Å². The van der Waals surface area contributed by atoms with Gasteiger partial charge in [0.05, 0.1) is 23.8 Å². The number of methoxy groups -OCH3 is 1. The number of carbonyl (C=O) groups is 2. The van der Waals surface area contributed by atoms with Crippen molar-refractivity contribution < 1.29 is 19.1 Å². The molecule has 0 spiro atoms. The van der Waals surface area contributed by atoms with Gasteiger partial charge in [0.2, 0.25) is 0 Å². The van der Waals surface area contributed by atoms with E-state index >= 15 is 0 Å². The molecule has 1 aromatic carbocycles. The zero-order valence-electron chi connectivity index (χ0n) is 17.0. The van der Waals surface area contributed by atoms with Crippen molar-refractivity contribution in [3.8, 4) is 11.5 Å². The van der Waals surface area contributed by atoms with E-state index in [-0.39, 0.29) is 11.7 Å². The summed E-state index contributed by atoms with van der Waals surface area (Å²) < 4.78 is 10.7. The number of esters is 1. The second-order valence-corrected chi connectivity index (χ2v) is 8.14. The van der Waals surface area contributed by atoms with Gasteiger partial charge < -0.3 is 9.47 Å². The van der Waals surface area contributed by atoms with Gasteiger partial charge in [-0.3, -0.25) is 9.78 Å². The number of rotatable bonds is 6. The molecule has 31 heavy (non-hydrogen) atoms. The Balaban J connectivity index is 1.40. The Morgan fingerprint density at radius 1 is 1.16 bits per heavy atom. The van der Waals surface area contributed by atoms with Gasteiger partial charge in [0.1, 0.15) is 0 Å². The predicted molar refractivity (Wildman–Crippen MR) is 118 cm³/mol. The Morgan fingerprint density at radius 3 is 2.81 bits per heavy atom. The Hall–Kier alpha value is -3.52. The highest BCUT2D eigenvalue weighted by Gasteiger charge is 2.17. The Bertz CT molecular complexity index is 1100. The highest BCUT2D eigenvalue weighted by atomic mass is 32.1. The summed E-state index contributed by atoms with van der Waals surface area (Å²) in [7, 11) is 1.48. The van der Waals surface area contributed by atoms with E-state index in [0.717, 1.165) is 12.8 Å². The monoisotopic (exact) mass is 435 g/mol. The van der Waals surface area contributed by atoms with Crippen LogP contribution in [0.1, 0.15) is 48.9 Å². The van der Waals surface area contributed by atoms with E-state index in [9.17, 15) is 9.59 Å². The number of ether oxygens (including phenoxy) is 2. The number of fused-ring (bicyclic) bond motifs is 1. The summed E-state index contributed by atoms with van der Waals surface area (Å²) in [5.74, 6) is -0.0940. The lowest BCUT2D eigenvalue weighted by Gasteiger charge is -2.09. The van der Waals surface area contributed by atoms with Gasteiger partial charge >= 0.3 is 5.97 Å². The van der Waals surface area contributed by atoms with E-state index < -0.39 is 5.97 Å². The van der Waals surface area contributed by atoms with Crippen molar-refractivity contribution in [3.63, 3.8) is 0 Å². The van der Waals surface area contributed by atoms with Gasteiger partial charge in [-0.1, -0.05) is 0 Å². The summed E-state index contributed by atoms with van der Waals surface area (Å²) in [4.78, 5) is 30.5. The van der Waals surface area contributed by atoms with E-state index in [0.29, 0.717) is 21.8 Å². The lowest BCUT2D eigenvalue weighted by Crippen LogP contribution is -2.16. The van der Waals surface area contributed by atoms with Crippen LogP contribution in [0.2, 0.25) is 0 Å². The highest BCUT2D eigenvalue weighted by Crippen LogP contribution is 2.30. The fourth-order valence-electron chi connectivity index (χ4n) is 3.31. The summed E-state index contributed by atoms with van der Waals surface area (Å²) in [5.41, 5.74) is 4.88. The zero-order valence-corrected chi connectivity index (χ0v) is 17.8. The first kappa shape index (κ1) is 20.7. The normalized spacial score (nSPS) is 12.9. The average molecular weight is 436 g/mol. The largest absolute Gasteiger partial charge is 0.493 e. The number of aryl methyl sites for hydroxylation is 2. The van der Waals surface area contributed by atoms with Gasteiger partial charge in [0, 0.05) is 17.3 Å². The van der Waals surface area contributed by atoms with E-state index in [1.807, 2.05) is 6.07 Å². The number of amides is 1. The lowest BCUT2D eigenvalue weighted by atomic mass is 9.99. The smallest absolute Gasteiger partial charge is 0.345 e. The topological polar surface area (TPSA) is 89.9 Å². The van der Waals surface area contributed by atoms with Gasteiger partial charge in [-0.25, -0.2) is 10.2 Å². The molecular formula is C23H21N3O4S. The predicted octanol–water partition coefficient (Wildman–Crippen LogP) is 4.01. The molecule has 7 nitrogen and oxygen atoms in total. The third-order valence-corrected chi connectivity index (χ3v) is 6.12. The van der Waals surface area contributed by atoms with Crippen LogP contribution in [0.4, 0.5) is 0 Å². The molecule has 8 heteroatoms. The standard InChI is InChI=1S/C23H21N3O4S/c1-29-19-11-15(8-9-18(19)30-23(28)17-6-4-10-24-14-17)13-25-26-22(27)21-12-16-5-2-3-7-20(16)31-21/h4,6,8-14H,2-3,5,7H2,1H3,(H,26,27). The minimum absolute atomic E-state index is 0.218. The van der Waals surface area contributed by atoms with Crippen molar-refractivity contribution >= 4 is 29.4 Å². The van der Waals surface area contributed by atoms with Crippen LogP contribution in [0.3, 0.4) is 0 Å². The molecule has 158 valence electrons. The van der Waals surface area contributed by atoms with E-state index in [1.165, 1.54) is 42.8 Å². The van der Waals surface area contributed by atoms with Gasteiger partial charge in [0.25, 0.3) is 5.91 Å². The molecule has 0 atom stereocenters. The maximum Gasteiger partial charge on any atom is 0.345 e. The summed E-state index contributed by atoms with van der Waals surface area (Å²) >= 11 is 1.54. The number of hydrazone groups is 1. The first-order valence-electron chi connectivity index (χ1n) is 9.89. The number of thiophene rings is 1. The van der Waals surface area contributed by atoms with Crippen LogP contribution in [0.25, 0.3) is 0 Å². The fourth-order valence-corrected chi connectivity index (χ4v) is 4.46. The molecule has 3 aromatic rings. The number of hydrogen-bond donors (Lipinski definition) is 1. The molecule has 0 saturated heterocycles. The molecule has 2 heterocycles. The van der Waals surface area contributed by atoms with E-state index in [1.54, 1.807) is 47.9 Å². The van der Waals surface area contributed by atoms with Gasteiger partial charge in [-0.2, -0.15) is 5.10 Å². The Labute approximate surface area is 183 Å². The van der Waals surface area contributed by atoms with Gasteiger partial charge in [-0.15, -0.1) is 11.3 Å². The number of benzene rings is 1. The molecule has 2 aromatic heterocycles. The van der Waals surface area contributed by atoms with Crippen LogP contribution in [0.5, 0.6) is 11.5 Å². The summed E-state index contributed by atoms with van der Waals surface area (Å²) in [6.45, 7) is 0. The molecule has 0 radical (unpaired) electrons. The number of pyridine rings is 1. The maximum atomic E-state index is 12.4. The molecule has 4 rings (SSSR count). The maximum absolute atomic E-state index is 12.4. The molecule has 0 fully saturated rings. The SMILES string of the molecule is COc1cc(C=NNC(=O)c2cc3c(s2)CCCC3)ccc1OC(=O)c1cccnc1. The quantitative estimate of drug-likeness (QED) is 0.273. The third-order valence-electron chi connectivity index (χ3n) is 4.89. The van der Waals surface area contributed by atoms with Crippen molar-refractivity contribution in [3.05, 3.63) is 75.2 Å². The average Bonchev–Trinajstić information content (AvgIpc) is 3.25. The first-order valence-corrected chi connectivity index (χ1v) is 10.7. The molecule has 0 bridgehead atoms. The number of carbonyl (C=O) groups excluding carboxylic acids is 2.